The maximum atomic E-state index is 12.3. The number of ether oxygens (including phenoxy) is 1. The SMILES string of the molecule is COc1ccc(C(=O)Nc2ccc(Cl)c(Cl)c2)cc1NC(C)=O. The van der Waals surface area contributed by atoms with Gasteiger partial charge >= 0.3 is 0 Å². The maximum Gasteiger partial charge on any atom is 0.255 e. The van der Waals surface area contributed by atoms with Crippen LogP contribution in [0.4, 0.5) is 11.4 Å². The van der Waals surface area contributed by atoms with Gasteiger partial charge in [-0.1, -0.05) is 23.2 Å². The van der Waals surface area contributed by atoms with Gasteiger partial charge in [-0.05, 0) is 36.4 Å². The smallest absolute Gasteiger partial charge is 0.255 e. The van der Waals surface area contributed by atoms with Crippen LogP contribution < -0.4 is 15.4 Å². The van der Waals surface area contributed by atoms with Crippen molar-refractivity contribution in [3.8, 4) is 5.75 Å². The molecule has 0 saturated carbocycles. The zero-order chi connectivity index (χ0) is 17.0. The van der Waals surface area contributed by atoms with E-state index in [2.05, 4.69) is 10.6 Å². The number of benzene rings is 2. The maximum absolute atomic E-state index is 12.3. The zero-order valence-electron chi connectivity index (χ0n) is 12.4. The number of anilines is 2. The van der Waals surface area contributed by atoms with Gasteiger partial charge in [0.2, 0.25) is 5.91 Å². The second-order valence-electron chi connectivity index (χ2n) is 4.68. The Hall–Kier alpha value is -2.24. The molecule has 23 heavy (non-hydrogen) atoms. The molecule has 0 aliphatic heterocycles. The third-order valence-electron chi connectivity index (χ3n) is 2.95. The standard InChI is InChI=1S/C16H14Cl2N2O3/c1-9(21)19-14-7-10(3-6-15(14)23-2)16(22)20-11-4-5-12(17)13(18)8-11/h3-8H,1-2H3,(H,19,21)(H,20,22). The molecule has 0 aromatic heterocycles. The van der Waals surface area contributed by atoms with Gasteiger partial charge in [-0.2, -0.15) is 0 Å². The number of hydrogen-bond donors (Lipinski definition) is 2. The molecule has 0 saturated heterocycles. The first-order chi connectivity index (χ1) is 10.9. The van der Waals surface area contributed by atoms with E-state index in [1.165, 1.54) is 20.1 Å². The molecule has 0 heterocycles. The summed E-state index contributed by atoms with van der Waals surface area (Å²) in [7, 11) is 1.48. The van der Waals surface area contributed by atoms with E-state index in [9.17, 15) is 9.59 Å². The highest BCUT2D eigenvalue weighted by atomic mass is 35.5. The van der Waals surface area contributed by atoms with Gasteiger partial charge in [0.25, 0.3) is 5.91 Å². The van der Waals surface area contributed by atoms with Crippen LogP contribution in [-0.4, -0.2) is 18.9 Å². The molecule has 2 aromatic carbocycles. The number of carbonyl (C=O) groups excluding carboxylic acids is 2. The Morgan fingerprint density at radius 3 is 2.35 bits per heavy atom. The summed E-state index contributed by atoms with van der Waals surface area (Å²) in [6.45, 7) is 1.38. The van der Waals surface area contributed by atoms with Crippen LogP contribution in [0.2, 0.25) is 10.0 Å². The van der Waals surface area contributed by atoms with E-state index in [1.807, 2.05) is 0 Å². The third kappa shape index (κ3) is 4.37. The van der Waals surface area contributed by atoms with Gasteiger partial charge in [-0.15, -0.1) is 0 Å². The number of rotatable bonds is 4. The van der Waals surface area contributed by atoms with Crippen molar-refractivity contribution in [1.29, 1.82) is 0 Å². The van der Waals surface area contributed by atoms with Crippen LogP contribution in [0.1, 0.15) is 17.3 Å². The molecule has 2 rings (SSSR count). The van der Waals surface area contributed by atoms with Gasteiger partial charge in [0.05, 0.1) is 22.8 Å². The predicted molar refractivity (Wildman–Crippen MR) is 91.7 cm³/mol. The second-order valence-corrected chi connectivity index (χ2v) is 5.49. The quantitative estimate of drug-likeness (QED) is 0.865. The molecule has 0 aliphatic rings. The molecule has 0 spiro atoms. The van der Waals surface area contributed by atoms with Gasteiger partial charge in [0.15, 0.2) is 0 Å². The van der Waals surface area contributed by atoms with E-state index in [0.29, 0.717) is 32.7 Å². The van der Waals surface area contributed by atoms with Gasteiger partial charge in [-0.25, -0.2) is 0 Å². The highest BCUT2D eigenvalue weighted by molar-refractivity contribution is 6.42. The van der Waals surface area contributed by atoms with Crippen LogP contribution in [-0.2, 0) is 4.79 Å². The highest BCUT2D eigenvalue weighted by Crippen LogP contribution is 2.27. The molecule has 7 heteroatoms. The molecular weight excluding hydrogens is 339 g/mol. The lowest BCUT2D eigenvalue weighted by atomic mass is 10.1. The fourth-order valence-electron chi connectivity index (χ4n) is 1.91. The number of methoxy groups -OCH3 is 1. The van der Waals surface area contributed by atoms with E-state index < -0.39 is 0 Å². The summed E-state index contributed by atoms with van der Waals surface area (Å²) in [5.74, 6) is -0.144. The lowest BCUT2D eigenvalue weighted by molar-refractivity contribution is -0.114. The summed E-state index contributed by atoms with van der Waals surface area (Å²) in [4.78, 5) is 23.5. The number of amides is 2. The molecule has 2 N–H and O–H groups in total. The van der Waals surface area contributed by atoms with Crippen LogP contribution in [0.5, 0.6) is 5.75 Å². The molecule has 0 aliphatic carbocycles. The van der Waals surface area contributed by atoms with Crippen molar-refractivity contribution < 1.29 is 14.3 Å². The number of nitrogens with one attached hydrogen (secondary N) is 2. The molecule has 0 bridgehead atoms. The van der Waals surface area contributed by atoms with Crippen molar-refractivity contribution in [1.82, 2.24) is 0 Å². The van der Waals surface area contributed by atoms with Crippen molar-refractivity contribution in [2.75, 3.05) is 17.7 Å². The van der Waals surface area contributed by atoms with Crippen LogP contribution in [0.3, 0.4) is 0 Å². The largest absolute Gasteiger partial charge is 0.495 e. The number of halogens is 2. The zero-order valence-corrected chi connectivity index (χ0v) is 14.0. The molecule has 5 nitrogen and oxygen atoms in total. The average Bonchev–Trinajstić information content (AvgIpc) is 2.50. The molecular formula is C16H14Cl2N2O3. The van der Waals surface area contributed by atoms with Crippen molar-refractivity contribution >= 4 is 46.4 Å². The average molecular weight is 353 g/mol. The van der Waals surface area contributed by atoms with Crippen molar-refractivity contribution in [3.05, 3.63) is 52.0 Å². The van der Waals surface area contributed by atoms with E-state index in [0.717, 1.165) is 0 Å². The normalized spacial score (nSPS) is 10.1. The first-order valence-corrected chi connectivity index (χ1v) is 7.38. The Bertz CT molecular complexity index is 763. The van der Waals surface area contributed by atoms with E-state index >= 15 is 0 Å². The Kier molecular flexibility index (Phi) is 5.47. The van der Waals surface area contributed by atoms with Crippen molar-refractivity contribution in [2.24, 2.45) is 0 Å². The Morgan fingerprint density at radius 2 is 1.74 bits per heavy atom. The Labute approximate surface area is 143 Å². The number of hydrogen-bond acceptors (Lipinski definition) is 3. The predicted octanol–water partition coefficient (Wildman–Crippen LogP) is 4.21. The minimum atomic E-state index is -0.349. The molecule has 0 unspecified atom stereocenters. The van der Waals surface area contributed by atoms with Crippen LogP contribution in [0, 0.1) is 0 Å². The van der Waals surface area contributed by atoms with E-state index in [1.54, 1.807) is 30.3 Å². The summed E-state index contributed by atoms with van der Waals surface area (Å²) < 4.78 is 5.15. The minimum Gasteiger partial charge on any atom is -0.495 e. The van der Waals surface area contributed by atoms with Crippen LogP contribution >= 0.6 is 23.2 Å². The molecule has 0 radical (unpaired) electrons. The fourth-order valence-corrected chi connectivity index (χ4v) is 2.21. The molecule has 0 atom stereocenters. The van der Waals surface area contributed by atoms with Gasteiger partial charge in [-0.3, -0.25) is 9.59 Å². The number of carbonyl (C=O) groups is 2. The Balaban J connectivity index is 2.24. The monoisotopic (exact) mass is 352 g/mol. The second kappa shape index (κ2) is 7.35. The van der Waals surface area contributed by atoms with Gasteiger partial charge in [0, 0.05) is 18.2 Å². The lowest BCUT2D eigenvalue weighted by Crippen LogP contribution is -2.13. The molecule has 0 fully saturated rings. The van der Waals surface area contributed by atoms with Crippen LogP contribution in [0.15, 0.2) is 36.4 Å². The molecule has 120 valence electrons. The van der Waals surface area contributed by atoms with E-state index in [-0.39, 0.29) is 11.8 Å². The van der Waals surface area contributed by atoms with Crippen LogP contribution in [0.25, 0.3) is 0 Å². The topological polar surface area (TPSA) is 67.4 Å². The third-order valence-corrected chi connectivity index (χ3v) is 3.69. The minimum absolute atomic E-state index is 0.259. The summed E-state index contributed by atoms with van der Waals surface area (Å²) >= 11 is 11.8. The van der Waals surface area contributed by atoms with E-state index in [4.69, 9.17) is 27.9 Å². The first-order valence-electron chi connectivity index (χ1n) is 6.62. The molecule has 2 amide bonds. The summed E-state index contributed by atoms with van der Waals surface area (Å²) in [6.07, 6.45) is 0. The highest BCUT2D eigenvalue weighted by Gasteiger charge is 2.12. The first kappa shape index (κ1) is 17.1. The van der Waals surface area contributed by atoms with Crippen molar-refractivity contribution in [3.63, 3.8) is 0 Å². The Morgan fingerprint density at radius 1 is 1.00 bits per heavy atom. The lowest BCUT2D eigenvalue weighted by Gasteiger charge is -2.11. The molecule has 2 aromatic rings. The van der Waals surface area contributed by atoms with Gasteiger partial charge < -0.3 is 15.4 Å². The summed E-state index contributed by atoms with van der Waals surface area (Å²) in [6, 6.07) is 9.53. The fraction of sp³-hybridized carbons (Fsp3) is 0.125. The van der Waals surface area contributed by atoms with Crippen molar-refractivity contribution in [2.45, 2.75) is 6.92 Å². The van der Waals surface area contributed by atoms with Gasteiger partial charge in [0.1, 0.15) is 5.75 Å². The summed E-state index contributed by atoms with van der Waals surface area (Å²) in [5.41, 5.74) is 1.30. The summed E-state index contributed by atoms with van der Waals surface area (Å²) in [5, 5.41) is 6.08.